The molecule has 254 valence electrons. The van der Waals surface area contributed by atoms with Gasteiger partial charge in [0.25, 0.3) is 0 Å². The molecule has 0 bridgehead atoms. The van der Waals surface area contributed by atoms with Gasteiger partial charge in [-0.05, 0) is 19.3 Å². The number of carbonyl (C=O) groups is 4. The van der Waals surface area contributed by atoms with Crippen LogP contribution < -0.4 is 21.3 Å². The molecular weight excluding hydrogens is 588 g/mol. The molecule has 4 amide bonds. The molecule has 0 saturated carbocycles. The molecule has 0 heterocycles. The van der Waals surface area contributed by atoms with Crippen LogP contribution in [0, 0.1) is 24.7 Å². The average molecular weight is 639 g/mol. The standard InChI is InChI=1S/C31H50N4O10/c1-4-16-41-23-25-44-19-14-33-29(38)8-11-31(35-27-36,10-7-28(37)32-13-18-43-22-21-40-6-3)12-9-30(39)34-15-20-45-26-24-42-17-5-2/h1-2,6,27H,3,7-26H2,(H,32,37)(H,33,38)(H,34,39)(H,35,36). The van der Waals surface area contributed by atoms with Crippen LogP contribution in [0.4, 0.5) is 0 Å². The number of hydrogen-bond donors (Lipinski definition) is 4. The number of rotatable bonds is 32. The number of terminal acetylenes is 2. The van der Waals surface area contributed by atoms with Crippen molar-refractivity contribution in [3.8, 4) is 24.7 Å². The Bertz CT molecular complexity index is 858. The van der Waals surface area contributed by atoms with E-state index in [9.17, 15) is 19.2 Å². The van der Waals surface area contributed by atoms with E-state index in [2.05, 4.69) is 39.7 Å². The summed E-state index contributed by atoms with van der Waals surface area (Å²) in [4.78, 5) is 49.3. The first-order valence-electron chi connectivity index (χ1n) is 14.9. The van der Waals surface area contributed by atoms with E-state index in [-0.39, 0.29) is 95.8 Å². The van der Waals surface area contributed by atoms with Gasteiger partial charge in [-0.15, -0.1) is 12.8 Å². The molecule has 0 fully saturated rings. The van der Waals surface area contributed by atoms with E-state index in [0.717, 1.165) is 0 Å². The van der Waals surface area contributed by atoms with E-state index >= 15 is 0 Å². The van der Waals surface area contributed by atoms with Crippen molar-refractivity contribution < 1.29 is 47.6 Å². The van der Waals surface area contributed by atoms with Crippen molar-refractivity contribution in [1.82, 2.24) is 21.3 Å². The minimum absolute atomic E-state index is 0.0611. The fraction of sp³-hybridized carbons (Fsp3) is 0.677. The van der Waals surface area contributed by atoms with Crippen molar-refractivity contribution >= 4 is 24.1 Å². The van der Waals surface area contributed by atoms with Gasteiger partial charge in [0.05, 0.1) is 59.1 Å². The fourth-order valence-electron chi connectivity index (χ4n) is 3.82. The molecule has 0 radical (unpaired) electrons. The number of amides is 4. The highest BCUT2D eigenvalue weighted by molar-refractivity contribution is 5.77. The van der Waals surface area contributed by atoms with Crippen LogP contribution in [0.25, 0.3) is 0 Å². The van der Waals surface area contributed by atoms with Gasteiger partial charge in [0.1, 0.15) is 19.8 Å². The first kappa shape index (κ1) is 41.3. The lowest BCUT2D eigenvalue weighted by molar-refractivity contribution is -0.123. The van der Waals surface area contributed by atoms with Crippen LogP contribution in [0.2, 0.25) is 0 Å². The Kier molecular flexibility index (Phi) is 27.9. The fourth-order valence-corrected chi connectivity index (χ4v) is 3.82. The number of ether oxygens (including phenoxy) is 6. The molecule has 0 rings (SSSR count). The Morgan fingerprint density at radius 3 is 1.36 bits per heavy atom. The highest BCUT2D eigenvalue weighted by Crippen LogP contribution is 2.25. The van der Waals surface area contributed by atoms with Gasteiger partial charge in [0.2, 0.25) is 24.1 Å². The maximum absolute atomic E-state index is 12.5. The second-order valence-electron chi connectivity index (χ2n) is 9.48. The zero-order chi connectivity index (χ0) is 33.3. The molecule has 0 aliphatic carbocycles. The molecule has 0 saturated heterocycles. The normalized spacial score (nSPS) is 10.6. The Hall–Kier alpha value is -3.66. The Balaban J connectivity index is 4.85. The summed E-state index contributed by atoms with van der Waals surface area (Å²) in [5.41, 5.74) is -0.970. The predicted octanol–water partition coefficient (Wildman–Crippen LogP) is -0.330. The molecule has 0 aromatic heterocycles. The summed E-state index contributed by atoms with van der Waals surface area (Å²) in [5, 5.41) is 11.1. The molecule has 0 atom stereocenters. The highest BCUT2D eigenvalue weighted by Gasteiger charge is 2.31. The molecule has 45 heavy (non-hydrogen) atoms. The van der Waals surface area contributed by atoms with E-state index in [1.165, 1.54) is 6.26 Å². The van der Waals surface area contributed by atoms with E-state index in [0.29, 0.717) is 59.2 Å². The summed E-state index contributed by atoms with van der Waals surface area (Å²) in [6.45, 7) is 7.71. The first-order chi connectivity index (χ1) is 21.9. The van der Waals surface area contributed by atoms with Gasteiger partial charge in [-0.25, -0.2) is 0 Å². The third-order valence-electron chi connectivity index (χ3n) is 6.14. The summed E-state index contributed by atoms with van der Waals surface area (Å²) >= 11 is 0. The third-order valence-corrected chi connectivity index (χ3v) is 6.14. The lowest BCUT2D eigenvalue weighted by atomic mass is 9.83. The van der Waals surface area contributed by atoms with Crippen LogP contribution in [0.15, 0.2) is 12.8 Å². The largest absolute Gasteiger partial charge is 0.499 e. The summed E-state index contributed by atoms with van der Waals surface area (Å²) < 4.78 is 31.3. The second kappa shape index (κ2) is 30.4. The highest BCUT2D eigenvalue weighted by atomic mass is 16.5. The number of carbonyl (C=O) groups excluding carboxylic acids is 4. The summed E-state index contributed by atoms with van der Waals surface area (Å²) in [6, 6.07) is 0. The first-order valence-corrected chi connectivity index (χ1v) is 14.9. The van der Waals surface area contributed by atoms with Crippen molar-refractivity contribution in [3.05, 3.63) is 12.8 Å². The van der Waals surface area contributed by atoms with E-state index < -0.39 is 5.54 Å². The van der Waals surface area contributed by atoms with Gasteiger partial charge in [-0.3, -0.25) is 19.2 Å². The van der Waals surface area contributed by atoms with Gasteiger partial charge in [0.15, 0.2) is 0 Å². The molecule has 14 heteroatoms. The monoisotopic (exact) mass is 638 g/mol. The zero-order valence-electron chi connectivity index (χ0n) is 26.2. The van der Waals surface area contributed by atoms with Gasteiger partial charge >= 0.3 is 0 Å². The Morgan fingerprint density at radius 1 is 0.622 bits per heavy atom. The van der Waals surface area contributed by atoms with Crippen LogP contribution in [0.3, 0.4) is 0 Å². The molecule has 14 nitrogen and oxygen atoms in total. The average Bonchev–Trinajstić information content (AvgIpc) is 3.03. The molecule has 0 unspecified atom stereocenters. The van der Waals surface area contributed by atoms with Gasteiger partial charge in [-0.2, -0.15) is 0 Å². The van der Waals surface area contributed by atoms with Crippen LogP contribution in [0.5, 0.6) is 0 Å². The lowest BCUT2D eigenvalue weighted by Gasteiger charge is -2.33. The second-order valence-corrected chi connectivity index (χ2v) is 9.48. The summed E-state index contributed by atoms with van der Waals surface area (Å²) in [6.07, 6.45) is 12.9. The maximum Gasteiger partial charge on any atom is 0.220 e. The van der Waals surface area contributed by atoms with E-state index in [1.807, 2.05) is 0 Å². The van der Waals surface area contributed by atoms with Crippen LogP contribution in [0.1, 0.15) is 38.5 Å². The Labute approximate surface area is 267 Å². The van der Waals surface area contributed by atoms with Gasteiger partial charge in [0, 0.05) is 44.4 Å². The maximum atomic E-state index is 12.5. The van der Waals surface area contributed by atoms with Crippen molar-refractivity contribution in [2.45, 2.75) is 44.1 Å². The molecule has 0 aliphatic heterocycles. The molecule has 0 aliphatic rings. The minimum Gasteiger partial charge on any atom is -0.499 e. The van der Waals surface area contributed by atoms with Gasteiger partial charge in [-0.1, -0.05) is 18.4 Å². The van der Waals surface area contributed by atoms with E-state index in [1.54, 1.807) is 0 Å². The van der Waals surface area contributed by atoms with Crippen molar-refractivity contribution in [2.75, 3.05) is 92.3 Å². The zero-order valence-corrected chi connectivity index (χ0v) is 26.2. The lowest BCUT2D eigenvalue weighted by Crippen LogP contribution is -2.47. The van der Waals surface area contributed by atoms with Crippen LogP contribution >= 0.6 is 0 Å². The molecule has 4 N–H and O–H groups in total. The van der Waals surface area contributed by atoms with Crippen LogP contribution in [-0.4, -0.2) is 122 Å². The molecule has 0 spiro atoms. The quantitative estimate of drug-likeness (QED) is 0.0331. The van der Waals surface area contributed by atoms with E-state index in [4.69, 9.17) is 41.3 Å². The number of nitrogens with one attached hydrogen (secondary N) is 4. The van der Waals surface area contributed by atoms with Crippen molar-refractivity contribution in [2.24, 2.45) is 0 Å². The molecule has 0 aromatic rings. The summed E-state index contributed by atoms with van der Waals surface area (Å²) in [5.74, 6) is 3.96. The van der Waals surface area contributed by atoms with Gasteiger partial charge < -0.3 is 49.7 Å². The SMILES string of the molecule is C#CCOCCOCCNC(=O)CCC(CCC(=O)NCCOCCOC=C)(CCC(=O)NCCOCCOCC#C)NC=O. The summed E-state index contributed by atoms with van der Waals surface area (Å²) in [7, 11) is 0. The van der Waals surface area contributed by atoms with Crippen molar-refractivity contribution in [3.63, 3.8) is 0 Å². The third kappa shape index (κ3) is 26.5. The predicted molar refractivity (Wildman–Crippen MR) is 167 cm³/mol. The van der Waals surface area contributed by atoms with Crippen LogP contribution in [-0.2, 0) is 47.6 Å². The smallest absolute Gasteiger partial charge is 0.220 e. The number of hydrogen-bond acceptors (Lipinski definition) is 10. The molecular formula is C31H50N4O10. The van der Waals surface area contributed by atoms with Crippen molar-refractivity contribution in [1.29, 1.82) is 0 Å². The Morgan fingerprint density at radius 2 is 1.00 bits per heavy atom. The molecule has 0 aromatic carbocycles. The topological polar surface area (TPSA) is 172 Å². The minimum atomic E-state index is -0.970.